The first-order valence-electron chi connectivity index (χ1n) is 9.78. The zero-order chi connectivity index (χ0) is 20.0. The quantitative estimate of drug-likeness (QED) is 0.744. The van der Waals surface area contributed by atoms with Crippen LogP contribution < -0.4 is 10.0 Å². The van der Waals surface area contributed by atoms with Gasteiger partial charge in [-0.25, -0.2) is 8.42 Å². The number of benzene rings is 2. The number of amides is 1. The fourth-order valence-corrected chi connectivity index (χ4v) is 4.49. The first kappa shape index (κ1) is 20.4. The maximum atomic E-state index is 12.4. The molecule has 6 heteroatoms. The van der Waals surface area contributed by atoms with Gasteiger partial charge in [-0.2, -0.15) is 0 Å². The van der Waals surface area contributed by atoms with Crippen molar-refractivity contribution in [1.82, 2.24) is 5.32 Å². The standard InChI is InChI=1S/C22H28N2O3S/c1-28(26,27)24-21-10-6-5-9-20(21)15-22(25)23-16-17-11-13-19(14-12-17)18-7-3-2-4-8-18/h2-10,17,19,24H,11-16H2,1H3,(H,23,25). The summed E-state index contributed by atoms with van der Waals surface area (Å²) in [7, 11) is -3.37. The van der Waals surface area contributed by atoms with Crippen LogP contribution in [0, 0.1) is 5.92 Å². The Hall–Kier alpha value is -2.34. The Morgan fingerprint density at radius 2 is 1.61 bits per heavy atom. The first-order valence-corrected chi connectivity index (χ1v) is 11.7. The third-order valence-corrected chi connectivity index (χ3v) is 5.96. The van der Waals surface area contributed by atoms with Crippen molar-refractivity contribution < 1.29 is 13.2 Å². The molecule has 5 nitrogen and oxygen atoms in total. The highest BCUT2D eigenvalue weighted by Crippen LogP contribution is 2.35. The van der Waals surface area contributed by atoms with Gasteiger partial charge in [-0.1, -0.05) is 48.5 Å². The van der Waals surface area contributed by atoms with E-state index >= 15 is 0 Å². The highest BCUT2D eigenvalue weighted by atomic mass is 32.2. The van der Waals surface area contributed by atoms with E-state index in [4.69, 9.17) is 0 Å². The van der Waals surface area contributed by atoms with Gasteiger partial charge in [-0.15, -0.1) is 0 Å². The summed E-state index contributed by atoms with van der Waals surface area (Å²) in [6.45, 7) is 0.683. The van der Waals surface area contributed by atoms with Gasteiger partial charge in [-0.3, -0.25) is 9.52 Å². The van der Waals surface area contributed by atoms with Crippen LogP contribution in [-0.4, -0.2) is 27.1 Å². The van der Waals surface area contributed by atoms with Crippen LogP contribution in [0.25, 0.3) is 0 Å². The van der Waals surface area contributed by atoms with Gasteiger partial charge in [0.05, 0.1) is 18.4 Å². The van der Waals surface area contributed by atoms with E-state index in [1.165, 1.54) is 5.56 Å². The Balaban J connectivity index is 1.47. The smallest absolute Gasteiger partial charge is 0.229 e. The monoisotopic (exact) mass is 400 g/mol. The van der Waals surface area contributed by atoms with Gasteiger partial charge in [0, 0.05) is 6.54 Å². The maximum absolute atomic E-state index is 12.4. The van der Waals surface area contributed by atoms with Crippen LogP contribution in [0.15, 0.2) is 54.6 Å². The first-order chi connectivity index (χ1) is 13.4. The summed E-state index contributed by atoms with van der Waals surface area (Å²) in [5.74, 6) is 1.06. The summed E-state index contributed by atoms with van der Waals surface area (Å²) in [5.41, 5.74) is 2.56. The number of nitrogens with one attached hydrogen (secondary N) is 2. The average molecular weight is 401 g/mol. The van der Waals surface area contributed by atoms with Crippen molar-refractivity contribution in [3.63, 3.8) is 0 Å². The van der Waals surface area contributed by atoms with Gasteiger partial charge in [0.2, 0.25) is 15.9 Å². The number of carbonyl (C=O) groups is 1. The second-order valence-electron chi connectivity index (χ2n) is 7.64. The molecule has 1 aliphatic rings. The lowest BCUT2D eigenvalue weighted by Gasteiger charge is -2.29. The molecule has 3 rings (SSSR count). The Kier molecular flexibility index (Phi) is 6.73. The normalized spacial score (nSPS) is 19.8. The van der Waals surface area contributed by atoms with E-state index in [9.17, 15) is 13.2 Å². The molecule has 0 radical (unpaired) electrons. The Bertz CT molecular complexity index is 889. The number of carbonyl (C=O) groups excluding carboxylic acids is 1. The van der Waals surface area contributed by atoms with Crippen molar-refractivity contribution in [2.45, 2.75) is 38.0 Å². The molecule has 28 heavy (non-hydrogen) atoms. The molecule has 150 valence electrons. The zero-order valence-corrected chi connectivity index (χ0v) is 17.0. The third kappa shape index (κ3) is 6.09. The molecular weight excluding hydrogens is 372 g/mol. The molecule has 2 aromatic carbocycles. The van der Waals surface area contributed by atoms with Gasteiger partial charge in [0.15, 0.2) is 0 Å². The number of para-hydroxylation sites is 1. The molecule has 0 saturated heterocycles. The molecule has 0 aliphatic heterocycles. The van der Waals surface area contributed by atoms with E-state index in [1.54, 1.807) is 24.3 Å². The predicted molar refractivity (Wildman–Crippen MR) is 113 cm³/mol. The summed E-state index contributed by atoms with van der Waals surface area (Å²) < 4.78 is 25.4. The Morgan fingerprint density at radius 3 is 2.29 bits per heavy atom. The lowest BCUT2D eigenvalue weighted by Crippen LogP contribution is -2.32. The van der Waals surface area contributed by atoms with Gasteiger partial charge in [0.25, 0.3) is 0 Å². The molecule has 2 N–H and O–H groups in total. The fraction of sp³-hybridized carbons (Fsp3) is 0.409. The van der Waals surface area contributed by atoms with E-state index < -0.39 is 10.0 Å². The number of sulfonamides is 1. The van der Waals surface area contributed by atoms with Crippen LogP contribution in [0.1, 0.15) is 42.7 Å². The number of hydrogen-bond acceptors (Lipinski definition) is 3. The summed E-state index contributed by atoms with van der Waals surface area (Å²) in [6, 6.07) is 17.7. The van der Waals surface area contributed by atoms with E-state index in [-0.39, 0.29) is 12.3 Å². The molecule has 0 spiro atoms. The molecule has 2 aromatic rings. The molecular formula is C22H28N2O3S. The van der Waals surface area contributed by atoms with Crippen molar-refractivity contribution in [3.8, 4) is 0 Å². The molecule has 1 aliphatic carbocycles. The maximum Gasteiger partial charge on any atom is 0.229 e. The van der Waals surface area contributed by atoms with E-state index in [1.807, 2.05) is 6.07 Å². The molecule has 1 fully saturated rings. The topological polar surface area (TPSA) is 75.3 Å². The molecule has 1 amide bonds. The van der Waals surface area contributed by atoms with Crippen LogP contribution in [0.4, 0.5) is 5.69 Å². The van der Waals surface area contributed by atoms with Crippen LogP contribution in [0.5, 0.6) is 0 Å². The van der Waals surface area contributed by atoms with E-state index in [0.717, 1.165) is 31.9 Å². The lowest BCUT2D eigenvalue weighted by molar-refractivity contribution is -0.120. The van der Waals surface area contributed by atoms with Gasteiger partial charge in [-0.05, 0) is 54.7 Å². The molecule has 0 unspecified atom stereocenters. The fourth-order valence-electron chi connectivity index (χ4n) is 3.89. The highest BCUT2D eigenvalue weighted by Gasteiger charge is 2.22. The van der Waals surface area contributed by atoms with Crippen LogP contribution in [-0.2, 0) is 21.2 Å². The molecule has 0 heterocycles. The average Bonchev–Trinajstić information content (AvgIpc) is 2.68. The largest absolute Gasteiger partial charge is 0.356 e. The van der Waals surface area contributed by atoms with E-state index in [2.05, 4.69) is 34.3 Å². The summed E-state index contributed by atoms with van der Waals surface area (Å²) in [6.07, 6.45) is 5.82. The van der Waals surface area contributed by atoms with Crippen LogP contribution in [0.3, 0.4) is 0 Å². The van der Waals surface area contributed by atoms with Crippen molar-refractivity contribution in [3.05, 3.63) is 65.7 Å². The number of rotatable bonds is 7. The molecule has 0 aromatic heterocycles. The minimum atomic E-state index is -3.37. The van der Waals surface area contributed by atoms with Gasteiger partial charge < -0.3 is 5.32 Å². The minimum Gasteiger partial charge on any atom is -0.356 e. The SMILES string of the molecule is CS(=O)(=O)Nc1ccccc1CC(=O)NCC1CCC(c2ccccc2)CC1. The van der Waals surface area contributed by atoms with Crippen LogP contribution >= 0.6 is 0 Å². The van der Waals surface area contributed by atoms with Gasteiger partial charge in [0.1, 0.15) is 0 Å². The van der Waals surface area contributed by atoms with Crippen molar-refractivity contribution in [2.75, 3.05) is 17.5 Å². The molecule has 0 atom stereocenters. The zero-order valence-electron chi connectivity index (χ0n) is 16.2. The number of hydrogen-bond donors (Lipinski definition) is 2. The van der Waals surface area contributed by atoms with Crippen molar-refractivity contribution in [2.24, 2.45) is 5.92 Å². The van der Waals surface area contributed by atoms with Crippen molar-refractivity contribution >= 4 is 21.6 Å². The Morgan fingerprint density at radius 1 is 0.964 bits per heavy atom. The van der Waals surface area contributed by atoms with Gasteiger partial charge >= 0.3 is 0 Å². The summed E-state index contributed by atoms with van der Waals surface area (Å²) in [5, 5.41) is 3.03. The predicted octanol–water partition coefficient (Wildman–Crippen LogP) is 3.69. The Labute approximate surface area is 167 Å². The van der Waals surface area contributed by atoms with Crippen molar-refractivity contribution in [1.29, 1.82) is 0 Å². The summed E-state index contributed by atoms with van der Waals surface area (Å²) >= 11 is 0. The van der Waals surface area contributed by atoms with E-state index in [0.29, 0.717) is 29.6 Å². The van der Waals surface area contributed by atoms with Crippen LogP contribution in [0.2, 0.25) is 0 Å². The molecule has 0 bridgehead atoms. The number of anilines is 1. The third-order valence-electron chi connectivity index (χ3n) is 5.37. The highest BCUT2D eigenvalue weighted by molar-refractivity contribution is 7.92. The molecule has 1 saturated carbocycles. The second kappa shape index (κ2) is 9.24. The second-order valence-corrected chi connectivity index (χ2v) is 9.39. The summed E-state index contributed by atoms with van der Waals surface area (Å²) in [4.78, 5) is 12.4. The minimum absolute atomic E-state index is 0.0760. The lowest BCUT2D eigenvalue weighted by atomic mass is 9.79.